The van der Waals surface area contributed by atoms with Crippen LogP contribution in [0.3, 0.4) is 0 Å². The van der Waals surface area contributed by atoms with E-state index in [-0.39, 0.29) is 10.9 Å². The fourth-order valence-electron chi connectivity index (χ4n) is 2.55. The normalized spacial score (nSPS) is 10.5. The van der Waals surface area contributed by atoms with Crippen LogP contribution in [0.25, 0.3) is 10.9 Å². The van der Waals surface area contributed by atoms with E-state index in [4.69, 9.17) is 9.84 Å². The highest BCUT2D eigenvalue weighted by molar-refractivity contribution is 6.03. The van der Waals surface area contributed by atoms with Crippen LogP contribution in [0.4, 0.5) is 0 Å². The van der Waals surface area contributed by atoms with Gasteiger partial charge in [-0.2, -0.15) is 0 Å². The molecule has 8 nitrogen and oxygen atoms in total. The summed E-state index contributed by atoms with van der Waals surface area (Å²) in [4.78, 5) is 37.2. The van der Waals surface area contributed by atoms with Crippen LogP contribution in [-0.2, 0) is 11.4 Å². The Morgan fingerprint density at radius 1 is 1.11 bits per heavy atom. The van der Waals surface area contributed by atoms with E-state index < -0.39 is 35.3 Å². The molecule has 0 aliphatic carbocycles. The second-order valence-corrected chi connectivity index (χ2v) is 5.74. The first kappa shape index (κ1) is 18.0. The fourth-order valence-corrected chi connectivity index (χ4v) is 2.55. The number of nitrogens with one attached hydrogen (secondary N) is 2. The standard InChI is InChI=1S/C19H16N2O6/c22-15(23)9-20-18(25)16-17(24)13-7-6-12(8-14(13)21-19(16)26)27-10-11-4-2-1-3-5-11/h1-8H,9-10H2,(H,20,25)(H,22,23)(H2,21,24,26). The van der Waals surface area contributed by atoms with Crippen LogP contribution in [0.2, 0.25) is 0 Å². The molecule has 0 radical (unpaired) electrons. The lowest BCUT2D eigenvalue weighted by Crippen LogP contribution is -2.33. The minimum Gasteiger partial charge on any atom is -0.506 e. The summed E-state index contributed by atoms with van der Waals surface area (Å²) < 4.78 is 5.67. The number of carboxylic acid groups (broad SMARTS) is 1. The number of H-pyrrole nitrogens is 1. The van der Waals surface area contributed by atoms with Gasteiger partial charge >= 0.3 is 5.97 Å². The van der Waals surface area contributed by atoms with E-state index in [9.17, 15) is 19.5 Å². The highest BCUT2D eigenvalue weighted by Crippen LogP contribution is 2.28. The van der Waals surface area contributed by atoms with Crippen LogP contribution in [0.5, 0.6) is 11.5 Å². The van der Waals surface area contributed by atoms with Gasteiger partial charge in [-0.3, -0.25) is 14.4 Å². The monoisotopic (exact) mass is 368 g/mol. The molecule has 8 heteroatoms. The molecule has 4 N–H and O–H groups in total. The lowest BCUT2D eigenvalue weighted by molar-refractivity contribution is -0.135. The van der Waals surface area contributed by atoms with Crippen LogP contribution >= 0.6 is 0 Å². The van der Waals surface area contributed by atoms with E-state index in [0.29, 0.717) is 12.4 Å². The average molecular weight is 368 g/mol. The van der Waals surface area contributed by atoms with E-state index in [1.165, 1.54) is 6.07 Å². The van der Waals surface area contributed by atoms with E-state index >= 15 is 0 Å². The molecule has 1 amide bonds. The molecular formula is C19H16N2O6. The maximum Gasteiger partial charge on any atom is 0.322 e. The van der Waals surface area contributed by atoms with Crippen molar-refractivity contribution in [2.75, 3.05) is 6.54 Å². The van der Waals surface area contributed by atoms with Gasteiger partial charge in [-0.25, -0.2) is 0 Å². The zero-order valence-corrected chi connectivity index (χ0v) is 14.1. The van der Waals surface area contributed by atoms with Crippen molar-refractivity contribution < 1.29 is 24.5 Å². The molecule has 2 aromatic carbocycles. The minimum atomic E-state index is -1.26. The molecule has 0 saturated carbocycles. The number of benzene rings is 2. The number of amides is 1. The first-order chi connectivity index (χ1) is 13.0. The topological polar surface area (TPSA) is 129 Å². The Kier molecular flexibility index (Phi) is 5.07. The number of fused-ring (bicyclic) bond motifs is 1. The molecule has 0 bridgehead atoms. The number of rotatable bonds is 6. The van der Waals surface area contributed by atoms with Crippen LogP contribution in [0, 0.1) is 0 Å². The SMILES string of the molecule is O=C(O)CNC(=O)c1c(O)c2ccc(OCc3ccccc3)cc2[nH]c1=O. The highest BCUT2D eigenvalue weighted by atomic mass is 16.5. The average Bonchev–Trinajstić information content (AvgIpc) is 2.65. The first-order valence-electron chi connectivity index (χ1n) is 8.01. The number of aromatic amines is 1. The van der Waals surface area contributed by atoms with Crippen LogP contribution < -0.4 is 15.6 Å². The third kappa shape index (κ3) is 4.06. The van der Waals surface area contributed by atoms with Gasteiger partial charge in [0.25, 0.3) is 11.5 Å². The van der Waals surface area contributed by atoms with Gasteiger partial charge in [0, 0.05) is 11.5 Å². The van der Waals surface area contributed by atoms with Gasteiger partial charge in [0.05, 0.1) is 5.52 Å². The summed E-state index contributed by atoms with van der Waals surface area (Å²) >= 11 is 0. The number of hydrogen-bond acceptors (Lipinski definition) is 5. The van der Waals surface area contributed by atoms with E-state index in [2.05, 4.69) is 10.3 Å². The molecule has 0 unspecified atom stereocenters. The first-order valence-corrected chi connectivity index (χ1v) is 8.01. The van der Waals surface area contributed by atoms with E-state index in [0.717, 1.165) is 5.56 Å². The number of carbonyl (C=O) groups excluding carboxylic acids is 1. The third-order valence-corrected chi connectivity index (χ3v) is 3.83. The molecule has 1 aromatic heterocycles. The predicted octanol–water partition coefficient (Wildman–Crippen LogP) is 1.63. The number of hydrogen-bond donors (Lipinski definition) is 4. The number of carboxylic acids is 1. The third-order valence-electron chi connectivity index (χ3n) is 3.83. The molecule has 0 aliphatic heterocycles. The molecule has 27 heavy (non-hydrogen) atoms. The van der Waals surface area contributed by atoms with Crippen LogP contribution in [-0.4, -0.2) is 33.6 Å². The van der Waals surface area contributed by atoms with E-state index in [1.54, 1.807) is 12.1 Å². The van der Waals surface area contributed by atoms with Crippen molar-refractivity contribution >= 4 is 22.8 Å². The Balaban J connectivity index is 1.87. The highest BCUT2D eigenvalue weighted by Gasteiger charge is 2.19. The quantitative estimate of drug-likeness (QED) is 0.523. The molecule has 138 valence electrons. The number of carbonyl (C=O) groups is 2. The molecule has 0 atom stereocenters. The van der Waals surface area contributed by atoms with Crippen molar-refractivity contribution in [1.82, 2.24) is 10.3 Å². The van der Waals surface area contributed by atoms with Crippen molar-refractivity contribution in [2.45, 2.75) is 6.61 Å². The van der Waals surface area contributed by atoms with Gasteiger partial charge in [-0.1, -0.05) is 30.3 Å². The van der Waals surface area contributed by atoms with Crippen molar-refractivity contribution in [3.63, 3.8) is 0 Å². The molecular weight excluding hydrogens is 352 g/mol. The number of pyridine rings is 1. The maximum atomic E-state index is 12.2. The van der Waals surface area contributed by atoms with E-state index in [1.807, 2.05) is 30.3 Å². The molecule has 0 saturated heterocycles. The Bertz CT molecular complexity index is 1060. The number of aromatic hydroxyl groups is 1. The number of aromatic nitrogens is 1. The lowest BCUT2D eigenvalue weighted by atomic mass is 10.1. The molecule has 0 spiro atoms. The van der Waals surface area contributed by atoms with Crippen LogP contribution in [0.1, 0.15) is 15.9 Å². The zero-order chi connectivity index (χ0) is 19.4. The summed E-state index contributed by atoms with van der Waals surface area (Å²) in [6.07, 6.45) is 0. The molecule has 3 rings (SSSR count). The number of ether oxygens (including phenoxy) is 1. The Labute approximate surface area is 153 Å². The second-order valence-electron chi connectivity index (χ2n) is 5.74. The summed E-state index contributed by atoms with van der Waals surface area (Å²) in [5, 5.41) is 21.2. The van der Waals surface area contributed by atoms with Crippen LogP contribution in [0.15, 0.2) is 53.3 Å². The van der Waals surface area contributed by atoms with Crippen molar-refractivity contribution in [3.05, 3.63) is 70.0 Å². The summed E-state index contributed by atoms with van der Waals surface area (Å²) in [5.74, 6) is -2.28. The lowest BCUT2D eigenvalue weighted by Gasteiger charge is -2.10. The molecule has 3 aromatic rings. The summed E-state index contributed by atoms with van der Waals surface area (Å²) in [6.45, 7) is -0.333. The zero-order valence-electron chi connectivity index (χ0n) is 14.1. The summed E-state index contributed by atoms with van der Waals surface area (Å²) in [5.41, 5.74) is -0.109. The van der Waals surface area contributed by atoms with Gasteiger partial charge in [-0.15, -0.1) is 0 Å². The Hall–Kier alpha value is -3.81. The maximum absolute atomic E-state index is 12.2. The van der Waals surface area contributed by atoms with Crippen molar-refractivity contribution in [3.8, 4) is 11.5 Å². The van der Waals surface area contributed by atoms with Gasteiger partial charge in [0.1, 0.15) is 30.2 Å². The molecule has 0 fully saturated rings. The van der Waals surface area contributed by atoms with Gasteiger partial charge in [0.2, 0.25) is 0 Å². The second kappa shape index (κ2) is 7.61. The van der Waals surface area contributed by atoms with Crippen molar-refractivity contribution in [2.24, 2.45) is 0 Å². The smallest absolute Gasteiger partial charge is 0.322 e. The van der Waals surface area contributed by atoms with Gasteiger partial charge in [-0.05, 0) is 17.7 Å². The minimum absolute atomic E-state index is 0.238. The molecule has 0 aliphatic rings. The van der Waals surface area contributed by atoms with Crippen molar-refractivity contribution in [1.29, 1.82) is 0 Å². The Morgan fingerprint density at radius 2 is 1.85 bits per heavy atom. The fraction of sp³-hybridized carbons (Fsp3) is 0.105. The summed E-state index contributed by atoms with van der Waals surface area (Å²) in [6, 6.07) is 14.2. The largest absolute Gasteiger partial charge is 0.506 e. The molecule has 1 heterocycles. The summed E-state index contributed by atoms with van der Waals surface area (Å²) in [7, 11) is 0. The van der Waals surface area contributed by atoms with Gasteiger partial charge < -0.3 is 25.3 Å². The number of aliphatic carboxylic acids is 1. The van der Waals surface area contributed by atoms with Gasteiger partial charge in [0.15, 0.2) is 0 Å². The Morgan fingerprint density at radius 3 is 2.56 bits per heavy atom. The predicted molar refractivity (Wildman–Crippen MR) is 97.0 cm³/mol.